The van der Waals surface area contributed by atoms with Crippen molar-refractivity contribution in [1.82, 2.24) is 5.32 Å². The number of sulfonamides is 1. The zero-order valence-electron chi connectivity index (χ0n) is 10.6. The van der Waals surface area contributed by atoms with Crippen LogP contribution in [0.3, 0.4) is 0 Å². The lowest BCUT2D eigenvalue weighted by atomic mass is 10.3. The number of nitrogens with one attached hydrogen (secondary N) is 1. The number of carbonyl (C=O) groups excluding carboxylic acids is 1. The highest BCUT2D eigenvalue weighted by Crippen LogP contribution is 2.29. The normalized spacial score (nSPS) is 10.8. The maximum absolute atomic E-state index is 13.6. The lowest BCUT2D eigenvalue weighted by molar-refractivity contribution is -0.123. The van der Waals surface area contributed by atoms with Crippen LogP contribution in [-0.2, 0) is 14.8 Å². The molecule has 0 unspecified atom stereocenters. The van der Waals surface area contributed by atoms with Gasteiger partial charge >= 0.3 is 0 Å². The summed E-state index contributed by atoms with van der Waals surface area (Å²) in [6.07, 6.45) is 0.160. The van der Waals surface area contributed by atoms with Gasteiger partial charge in [-0.25, -0.2) is 17.9 Å². The minimum absolute atomic E-state index is 0.0460. The van der Waals surface area contributed by atoms with Crippen LogP contribution in [0, 0.1) is 17.1 Å². The Morgan fingerprint density at radius 3 is 2.76 bits per heavy atom. The molecule has 1 aromatic carbocycles. The number of hydrogen-bond acceptors (Lipinski definition) is 5. The van der Waals surface area contributed by atoms with E-state index in [-0.39, 0.29) is 23.2 Å². The van der Waals surface area contributed by atoms with Gasteiger partial charge in [0.05, 0.1) is 17.0 Å². The quantitative estimate of drug-likeness (QED) is 0.702. The van der Waals surface area contributed by atoms with Gasteiger partial charge in [-0.3, -0.25) is 4.79 Å². The van der Waals surface area contributed by atoms with E-state index < -0.39 is 33.3 Å². The molecule has 0 bridgehead atoms. The van der Waals surface area contributed by atoms with Gasteiger partial charge < -0.3 is 10.1 Å². The third-order valence-corrected chi connectivity index (χ3v) is 3.76. The van der Waals surface area contributed by atoms with Crippen LogP contribution in [0.25, 0.3) is 0 Å². The fourth-order valence-electron chi connectivity index (χ4n) is 1.29. The number of hydrogen-bond donors (Lipinski definition) is 2. The highest BCUT2D eigenvalue weighted by atomic mass is 79.9. The average Bonchev–Trinajstić information content (AvgIpc) is 2.38. The monoisotopic (exact) mass is 379 g/mol. The van der Waals surface area contributed by atoms with E-state index in [4.69, 9.17) is 15.1 Å². The van der Waals surface area contributed by atoms with E-state index in [9.17, 15) is 17.6 Å². The second kappa shape index (κ2) is 7.35. The molecule has 1 rings (SSSR count). The van der Waals surface area contributed by atoms with Gasteiger partial charge in [0.25, 0.3) is 5.91 Å². The summed E-state index contributed by atoms with van der Waals surface area (Å²) >= 11 is 3.00. The first-order valence-electron chi connectivity index (χ1n) is 5.54. The number of nitrogens with two attached hydrogens (primary N) is 1. The smallest absolute Gasteiger partial charge is 0.257 e. The summed E-state index contributed by atoms with van der Waals surface area (Å²) in [5.74, 6) is -1.62. The molecule has 0 aliphatic rings. The zero-order valence-corrected chi connectivity index (χ0v) is 13.0. The van der Waals surface area contributed by atoms with E-state index in [1.165, 1.54) is 0 Å². The number of nitrogens with zero attached hydrogens (tertiary/aromatic N) is 1. The summed E-state index contributed by atoms with van der Waals surface area (Å²) in [6.45, 7) is -0.225. The van der Waals surface area contributed by atoms with Crippen LogP contribution in [-0.4, -0.2) is 27.5 Å². The van der Waals surface area contributed by atoms with Gasteiger partial charge in [0, 0.05) is 12.6 Å². The Kier molecular flexibility index (Phi) is 6.07. The molecule has 7 nitrogen and oxygen atoms in total. The Balaban J connectivity index is 2.76. The van der Waals surface area contributed by atoms with E-state index in [0.29, 0.717) is 0 Å². The molecule has 0 aliphatic carbocycles. The summed E-state index contributed by atoms with van der Waals surface area (Å²) in [5.41, 5.74) is 0. The molecule has 0 heterocycles. The summed E-state index contributed by atoms with van der Waals surface area (Å²) in [6, 6.07) is 3.62. The number of rotatable bonds is 6. The van der Waals surface area contributed by atoms with Crippen molar-refractivity contribution in [1.29, 1.82) is 5.26 Å². The molecule has 1 aromatic rings. The lowest BCUT2D eigenvalue weighted by Gasteiger charge is -2.10. The van der Waals surface area contributed by atoms with Crippen molar-refractivity contribution < 1.29 is 22.3 Å². The highest BCUT2D eigenvalue weighted by Gasteiger charge is 2.18. The summed E-state index contributed by atoms with van der Waals surface area (Å²) in [4.78, 5) is 10.7. The van der Waals surface area contributed by atoms with Crippen molar-refractivity contribution in [3.8, 4) is 11.8 Å². The van der Waals surface area contributed by atoms with Crippen LogP contribution in [0.15, 0.2) is 21.5 Å². The molecule has 0 aromatic heterocycles. The van der Waals surface area contributed by atoms with Crippen LogP contribution in [0.2, 0.25) is 0 Å². The van der Waals surface area contributed by atoms with Crippen LogP contribution < -0.4 is 15.2 Å². The van der Waals surface area contributed by atoms with E-state index >= 15 is 0 Å². The molecule has 3 N–H and O–H groups in total. The minimum Gasteiger partial charge on any atom is -0.482 e. The highest BCUT2D eigenvalue weighted by molar-refractivity contribution is 9.10. The maximum atomic E-state index is 13.6. The SMILES string of the molecule is N#CCCNC(=O)COc1cc(F)c(S(N)(=O)=O)cc1Br. The summed E-state index contributed by atoms with van der Waals surface area (Å²) < 4.78 is 41.0. The van der Waals surface area contributed by atoms with Crippen molar-refractivity contribution in [2.45, 2.75) is 11.3 Å². The van der Waals surface area contributed by atoms with Crippen LogP contribution in [0.4, 0.5) is 4.39 Å². The van der Waals surface area contributed by atoms with Crippen LogP contribution >= 0.6 is 15.9 Å². The Hall–Kier alpha value is -1.70. The molecule has 1 amide bonds. The van der Waals surface area contributed by atoms with Gasteiger partial charge in [-0.15, -0.1) is 0 Å². The van der Waals surface area contributed by atoms with Crippen LogP contribution in [0.1, 0.15) is 6.42 Å². The van der Waals surface area contributed by atoms with Gasteiger partial charge in [0.2, 0.25) is 10.0 Å². The first-order valence-corrected chi connectivity index (χ1v) is 7.88. The largest absolute Gasteiger partial charge is 0.482 e. The third-order valence-electron chi connectivity index (χ3n) is 2.21. The molecule has 0 fully saturated rings. The molecule has 0 saturated heterocycles. The van der Waals surface area contributed by atoms with E-state index in [1.54, 1.807) is 0 Å². The van der Waals surface area contributed by atoms with Crippen molar-refractivity contribution in [2.75, 3.05) is 13.2 Å². The molecule has 0 aliphatic heterocycles. The molecule has 0 atom stereocenters. The number of nitriles is 1. The Labute approximate surface area is 129 Å². The molecular weight excluding hydrogens is 369 g/mol. The molecular formula is C11H11BrFN3O4S. The summed E-state index contributed by atoms with van der Waals surface area (Å²) in [7, 11) is -4.19. The minimum atomic E-state index is -4.19. The zero-order chi connectivity index (χ0) is 16.0. The van der Waals surface area contributed by atoms with E-state index in [2.05, 4.69) is 21.2 Å². The molecule has 21 heavy (non-hydrogen) atoms. The average molecular weight is 380 g/mol. The van der Waals surface area contributed by atoms with E-state index in [1.807, 2.05) is 6.07 Å². The van der Waals surface area contributed by atoms with Gasteiger partial charge in [-0.1, -0.05) is 0 Å². The Morgan fingerprint density at radius 2 is 2.19 bits per heavy atom. The first-order chi connectivity index (χ1) is 9.75. The Bertz CT molecular complexity index is 687. The van der Waals surface area contributed by atoms with Crippen molar-refractivity contribution in [3.63, 3.8) is 0 Å². The number of halogens is 2. The topological polar surface area (TPSA) is 122 Å². The predicted octanol–water partition coefficient (Wildman–Crippen LogP) is 0.644. The van der Waals surface area contributed by atoms with Crippen molar-refractivity contribution in [3.05, 3.63) is 22.4 Å². The maximum Gasteiger partial charge on any atom is 0.257 e. The van der Waals surface area contributed by atoms with Crippen LogP contribution in [0.5, 0.6) is 5.75 Å². The molecule has 0 spiro atoms. The number of primary sulfonamides is 1. The number of carbonyl (C=O) groups is 1. The predicted molar refractivity (Wildman–Crippen MR) is 74.2 cm³/mol. The van der Waals surface area contributed by atoms with Gasteiger partial charge in [0.1, 0.15) is 16.5 Å². The third kappa shape index (κ3) is 5.30. The molecule has 114 valence electrons. The standard InChI is InChI=1S/C11H11BrFN3O4S/c12-7-4-10(21(15,18)19)8(13)5-9(7)20-6-11(17)16-3-1-2-14/h4-5H,1,3,6H2,(H,16,17)(H2,15,18,19). The number of ether oxygens (including phenoxy) is 1. The number of amides is 1. The molecule has 10 heteroatoms. The molecule has 0 saturated carbocycles. The second-order valence-electron chi connectivity index (χ2n) is 3.80. The lowest BCUT2D eigenvalue weighted by Crippen LogP contribution is -2.29. The van der Waals surface area contributed by atoms with Crippen molar-refractivity contribution >= 4 is 31.9 Å². The first kappa shape index (κ1) is 17.4. The summed E-state index contributed by atoms with van der Waals surface area (Å²) in [5, 5.41) is 15.6. The van der Waals surface area contributed by atoms with Gasteiger partial charge in [-0.2, -0.15) is 5.26 Å². The Morgan fingerprint density at radius 1 is 1.52 bits per heavy atom. The fraction of sp³-hybridized carbons (Fsp3) is 0.273. The second-order valence-corrected chi connectivity index (χ2v) is 6.19. The number of benzene rings is 1. The fourth-order valence-corrected chi connectivity index (χ4v) is 2.51. The van der Waals surface area contributed by atoms with Crippen molar-refractivity contribution in [2.24, 2.45) is 5.14 Å². The van der Waals surface area contributed by atoms with E-state index in [0.717, 1.165) is 12.1 Å². The van der Waals surface area contributed by atoms with Gasteiger partial charge in [-0.05, 0) is 22.0 Å². The molecule has 0 radical (unpaired) electrons. The van der Waals surface area contributed by atoms with Gasteiger partial charge in [0.15, 0.2) is 6.61 Å².